The first-order chi connectivity index (χ1) is 26.6. The highest BCUT2D eigenvalue weighted by Gasteiger charge is 2.14. The van der Waals surface area contributed by atoms with Gasteiger partial charge in [-0.15, -0.1) is 0 Å². The minimum atomic E-state index is -0.465. The van der Waals surface area contributed by atoms with E-state index >= 15 is 0 Å². The van der Waals surface area contributed by atoms with E-state index in [1.807, 2.05) is 24.3 Å². The number of nitrogens with two attached hydrogens (primary N) is 2. The number of aryl methyl sites for hydroxylation is 1. The van der Waals surface area contributed by atoms with Crippen LogP contribution in [0, 0.1) is 0 Å². The summed E-state index contributed by atoms with van der Waals surface area (Å²) in [5, 5.41) is 21.9. The quantitative estimate of drug-likeness (QED) is 0.0355. The molecule has 4 rings (SSSR count). The van der Waals surface area contributed by atoms with Crippen LogP contribution >= 0.6 is 12.2 Å². The summed E-state index contributed by atoms with van der Waals surface area (Å²) < 4.78 is 5.00. The van der Waals surface area contributed by atoms with Crippen molar-refractivity contribution >= 4 is 63.5 Å². The molecule has 0 spiro atoms. The molecule has 2 aromatic heterocycles. The predicted octanol–water partition coefficient (Wildman–Crippen LogP) is 0.132. The van der Waals surface area contributed by atoms with Crippen molar-refractivity contribution in [1.82, 2.24) is 46.5 Å². The number of aromatic nitrogens is 4. The second-order valence-electron chi connectivity index (χ2n) is 12.4. The molecule has 0 aliphatic heterocycles. The Bertz CT molecular complexity index is 1930. The summed E-state index contributed by atoms with van der Waals surface area (Å²) in [6, 6.07) is 14.2. The van der Waals surface area contributed by atoms with E-state index in [0.717, 1.165) is 23.5 Å². The first kappa shape index (κ1) is 42.0. The molecule has 4 aromatic rings. The largest absolute Gasteiger partial charge is 0.383 e. The number of thiocarbonyl (C=S) groups is 1. The van der Waals surface area contributed by atoms with Crippen LogP contribution in [0.15, 0.2) is 59.5 Å². The van der Waals surface area contributed by atoms with Gasteiger partial charge in [0.15, 0.2) is 16.3 Å². The monoisotopic (exact) mass is 775 g/mol. The number of ether oxygens (including phenoxy) is 1. The van der Waals surface area contributed by atoms with Gasteiger partial charge in [-0.2, -0.15) is 4.98 Å². The highest BCUT2D eigenvalue weighted by molar-refractivity contribution is 7.80. The van der Waals surface area contributed by atoms with E-state index in [2.05, 4.69) is 57.2 Å². The van der Waals surface area contributed by atoms with Gasteiger partial charge in [0.2, 0.25) is 17.8 Å². The molecule has 2 aromatic carbocycles. The van der Waals surface area contributed by atoms with Gasteiger partial charge in [0.1, 0.15) is 0 Å². The summed E-state index contributed by atoms with van der Waals surface area (Å²) in [4.78, 5) is 63.6. The van der Waals surface area contributed by atoms with Crippen molar-refractivity contribution in [3.8, 4) is 0 Å². The van der Waals surface area contributed by atoms with Crippen molar-refractivity contribution in [1.29, 1.82) is 0 Å². The zero-order valence-electron chi connectivity index (χ0n) is 30.7. The summed E-state index contributed by atoms with van der Waals surface area (Å²) in [6.07, 6.45) is 3.52. The molecule has 12 N–H and O–H groups in total. The molecule has 0 fully saturated rings. The van der Waals surface area contributed by atoms with Crippen LogP contribution in [-0.2, 0) is 27.3 Å². The minimum absolute atomic E-state index is 0.0265. The average Bonchev–Trinajstić information content (AvgIpc) is 3.17. The van der Waals surface area contributed by atoms with Gasteiger partial charge in [-0.25, -0.2) is 9.97 Å². The molecule has 1 unspecified atom stereocenters. The van der Waals surface area contributed by atoms with Crippen LogP contribution in [0.5, 0.6) is 0 Å². The Morgan fingerprint density at radius 2 is 1.65 bits per heavy atom. The number of nitrogens with one attached hydrogen (secondary N) is 8. The molecule has 1 atom stereocenters. The number of benzene rings is 2. The van der Waals surface area contributed by atoms with Crippen molar-refractivity contribution in [2.45, 2.75) is 38.3 Å². The van der Waals surface area contributed by atoms with Gasteiger partial charge in [-0.05, 0) is 73.4 Å². The molecule has 55 heavy (non-hydrogen) atoms. The highest BCUT2D eigenvalue weighted by Crippen LogP contribution is 2.13. The number of fused-ring (bicyclic) bond motifs is 1. The molecule has 0 aliphatic rings. The van der Waals surface area contributed by atoms with Crippen molar-refractivity contribution in [2.24, 2.45) is 5.73 Å². The number of amides is 3. The lowest BCUT2D eigenvalue weighted by molar-refractivity contribution is -0.121. The average molecular weight is 776 g/mol. The normalized spacial score (nSPS) is 11.4. The maximum Gasteiger partial charge on any atom is 0.280 e. The minimum Gasteiger partial charge on any atom is -0.383 e. The van der Waals surface area contributed by atoms with E-state index in [1.165, 1.54) is 6.20 Å². The maximum absolute atomic E-state index is 12.6. The Morgan fingerprint density at radius 3 is 2.40 bits per heavy atom. The number of aromatic amines is 1. The second-order valence-corrected chi connectivity index (χ2v) is 12.8. The SMILES string of the molecule is COCCNCCNC(CCc1ccc(NC(=S)NCCNC(=O)CCCNC(=O)c2ccc(NCc3cnc4nc(N)[nH]c(=O)c4n3)cc2)cc1)C(N)=O. The second kappa shape index (κ2) is 22.5. The van der Waals surface area contributed by atoms with E-state index in [9.17, 15) is 19.2 Å². The summed E-state index contributed by atoms with van der Waals surface area (Å²) in [6.45, 7) is 4.16. The Kier molecular flexibility index (Phi) is 17.1. The van der Waals surface area contributed by atoms with Crippen LogP contribution in [0.1, 0.15) is 40.9 Å². The number of anilines is 3. The number of nitrogen functional groups attached to an aromatic ring is 1. The fourth-order valence-corrected chi connectivity index (χ4v) is 5.45. The molecule has 18 nitrogen and oxygen atoms in total. The Hall–Kier alpha value is -5.76. The summed E-state index contributed by atoms with van der Waals surface area (Å²) in [5.41, 5.74) is 14.5. The molecule has 0 saturated carbocycles. The first-order valence-corrected chi connectivity index (χ1v) is 18.3. The topological polar surface area (TPSA) is 268 Å². The number of nitrogens with zero attached hydrogens (tertiary/aromatic N) is 3. The van der Waals surface area contributed by atoms with E-state index in [0.29, 0.717) is 81.5 Å². The van der Waals surface area contributed by atoms with Crippen molar-refractivity contribution in [3.05, 3.63) is 81.9 Å². The zero-order chi connectivity index (χ0) is 39.4. The van der Waals surface area contributed by atoms with Gasteiger partial charge in [-0.3, -0.25) is 24.2 Å². The molecule has 19 heteroatoms. The smallest absolute Gasteiger partial charge is 0.280 e. The van der Waals surface area contributed by atoms with Gasteiger partial charge in [0.05, 0.1) is 31.1 Å². The van der Waals surface area contributed by atoms with Crippen LogP contribution in [0.2, 0.25) is 0 Å². The third-order valence-electron chi connectivity index (χ3n) is 8.16. The maximum atomic E-state index is 12.6. The van der Waals surface area contributed by atoms with Crippen LogP contribution in [0.4, 0.5) is 17.3 Å². The standard InChI is InChI=1S/C36H49N13O5S/c1-54-20-19-39-15-16-40-28(31(37)51)13-6-23-4-9-26(10-5-23)47-36(55)43-18-17-41-29(50)3-2-14-42-33(52)24-7-11-25(12-8-24)44-21-27-22-45-32-30(46-27)34(53)49-35(38)48-32/h4-5,7-12,22,28,39-40,44H,2-3,6,13-21H2,1H3,(H2,37,51)(H,41,50)(H,42,52)(H2,43,47,55)(H3,38,45,48,49,53). The lowest BCUT2D eigenvalue weighted by atomic mass is 10.0. The van der Waals surface area contributed by atoms with Gasteiger partial charge in [0, 0.05) is 69.7 Å². The number of H-pyrrole nitrogens is 1. The molecule has 2 heterocycles. The highest BCUT2D eigenvalue weighted by atomic mass is 32.1. The third kappa shape index (κ3) is 14.9. The van der Waals surface area contributed by atoms with Crippen LogP contribution in [0.25, 0.3) is 11.2 Å². The van der Waals surface area contributed by atoms with E-state index in [4.69, 9.17) is 28.4 Å². The van der Waals surface area contributed by atoms with Gasteiger partial charge >= 0.3 is 0 Å². The number of hydrogen-bond acceptors (Lipinski definition) is 13. The van der Waals surface area contributed by atoms with Crippen molar-refractivity contribution < 1.29 is 19.1 Å². The molecular weight excluding hydrogens is 727 g/mol. The fraction of sp³-hybridized carbons (Fsp3) is 0.389. The number of hydrogen-bond donors (Lipinski definition) is 10. The van der Waals surface area contributed by atoms with Crippen molar-refractivity contribution in [2.75, 3.05) is 69.4 Å². The number of methoxy groups -OCH3 is 1. The van der Waals surface area contributed by atoms with E-state index in [1.54, 1.807) is 31.4 Å². The predicted molar refractivity (Wildman–Crippen MR) is 215 cm³/mol. The van der Waals surface area contributed by atoms with Crippen LogP contribution in [0.3, 0.4) is 0 Å². The molecular formula is C36H49N13O5S. The zero-order valence-corrected chi connectivity index (χ0v) is 31.5. The Labute approximate surface area is 323 Å². The third-order valence-corrected chi connectivity index (χ3v) is 8.40. The first-order valence-electron chi connectivity index (χ1n) is 17.9. The molecule has 0 bridgehead atoms. The molecule has 0 saturated heterocycles. The molecule has 294 valence electrons. The summed E-state index contributed by atoms with van der Waals surface area (Å²) in [5.74, 6) is -0.781. The van der Waals surface area contributed by atoms with Crippen LogP contribution < -0.4 is 54.2 Å². The summed E-state index contributed by atoms with van der Waals surface area (Å²) >= 11 is 5.38. The van der Waals surface area contributed by atoms with Gasteiger partial charge in [-0.1, -0.05) is 12.1 Å². The molecule has 0 radical (unpaired) electrons. The van der Waals surface area contributed by atoms with Gasteiger partial charge < -0.3 is 53.4 Å². The lowest BCUT2D eigenvalue weighted by Gasteiger charge is -2.16. The molecule has 3 amide bonds. The number of rotatable bonds is 23. The Morgan fingerprint density at radius 1 is 0.909 bits per heavy atom. The van der Waals surface area contributed by atoms with E-state index < -0.39 is 11.6 Å². The lowest BCUT2D eigenvalue weighted by Crippen LogP contribution is -2.44. The Balaban J connectivity index is 1.04. The van der Waals surface area contributed by atoms with Crippen LogP contribution in [-0.4, -0.2) is 102 Å². The fourth-order valence-electron chi connectivity index (χ4n) is 5.23. The number of carbonyl (C=O) groups is 3. The van der Waals surface area contributed by atoms with E-state index in [-0.39, 0.29) is 41.3 Å². The number of carbonyl (C=O) groups excluding carboxylic acids is 3. The summed E-state index contributed by atoms with van der Waals surface area (Å²) in [7, 11) is 1.65. The number of primary amides is 1. The van der Waals surface area contributed by atoms with Gasteiger partial charge in [0.25, 0.3) is 11.5 Å². The molecule has 0 aliphatic carbocycles. The van der Waals surface area contributed by atoms with Crippen molar-refractivity contribution in [3.63, 3.8) is 0 Å².